The van der Waals surface area contributed by atoms with Gasteiger partial charge in [-0.1, -0.05) is 29.3 Å². The Morgan fingerprint density at radius 2 is 1.71 bits per heavy atom. The first-order valence-corrected chi connectivity index (χ1v) is 20.1. The molecule has 2 aliphatic heterocycles. The van der Waals surface area contributed by atoms with Crippen LogP contribution in [0.1, 0.15) is 73.8 Å². The van der Waals surface area contributed by atoms with Gasteiger partial charge in [-0.3, -0.25) is 33.5 Å². The van der Waals surface area contributed by atoms with Crippen molar-refractivity contribution in [3.05, 3.63) is 80.8 Å². The Hall–Kier alpha value is -4.85. The number of imide groups is 1. The molecular weight excluding hydrogens is 755 g/mol. The number of benzene rings is 3. The monoisotopic (exact) mass is 800 g/mol. The van der Waals surface area contributed by atoms with Crippen molar-refractivity contribution < 1.29 is 19.1 Å². The van der Waals surface area contributed by atoms with Gasteiger partial charge in [0.25, 0.3) is 5.91 Å². The minimum absolute atomic E-state index is 0.215. The van der Waals surface area contributed by atoms with Crippen molar-refractivity contribution in [2.45, 2.75) is 69.5 Å². The summed E-state index contributed by atoms with van der Waals surface area (Å²) in [6, 6.07) is 14.5. The zero-order valence-electron chi connectivity index (χ0n) is 31.8. The van der Waals surface area contributed by atoms with Crippen LogP contribution in [-0.2, 0) is 16.6 Å². The summed E-state index contributed by atoms with van der Waals surface area (Å²) in [4.78, 5) is 55.9. The van der Waals surface area contributed by atoms with E-state index >= 15 is 0 Å². The quantitative estimate of drug-likeness (QED) is 0.160. The first kappa shape index (κ1) is 38.0. The van der Waals surface area contributed by atoms with E-state index in [0.29, 0.717) is 51.5 Å². The summed E-state index contributed by atoms with van der Waals surface area (Å²) in [6.45, 7) is 2.79. The van der Waals surface area contributed by atoms with E-state index in [1.54, 1.807) is 41.5 Å². The molecule has 0 bridgehead atoms. The fourth-order valence-electron chi connectivity index (χ4n) is 9.00. The van der Waals surface area contributed by atoms with E-state index in [-0.39, 0.29) is 23.9 Å². The second-order valence-corrected chi connectivity index (χ2v) is 16.4. The van der Waals surface area contributed by atoms with Gasteiger partial charge in [0.1, 0.15) is 11.8 Å². The summed E-state index contributed by atoms with van der Waals surface area (Å²) >= 11 is 12.2. The van der Waals surface area contributed by atoms with Gasteiger partial charge in [-0.2, -0.15) is 5.10 Å². The number of hydrogen-bond acceptors (Lipinski definition) is 8. The summed E-state index contributed by atoms with van der Waals surface area (Å²) in [5.41, 5.74) is 4.01. The van der Waals surface area contributed by atoms with Gasteiger partial charge >= 0.3 is 5.69 Å². The zero-order valence-corrected chi connectivity index (χ0v) is 33.3. The van der Waals surface area contributed by atoms with Crippen molar-refractivity contribution in [3.8, 4) is 5.75 Å². The van der Waals surface area contributed by atoms with Crippen molar-refractivity contribution in [1.29, 1.82) is 0 Å². The van der Waals surface area contributed by atoms with Gasteiger partial charge in [-0.05, 0) is 94.3 Å². The van der Waals surface area contributed by atoms with Crippen LogP contribution >= 0.6 is 23.2 Å². The van der Waals surface area contributed by atoms with E-state index in [4.69, 9.17) is 33.0 Å². The van der Waals surface area contributed by atoms with Gasteiger partial charge < -0.3 is 19.9 Å². The van der Waals surface area contributed by atoms with Crippen LogP contribution in [0.15, 0.2) is 59.5 Å². The molecule has 3 aliphatic rings. The minimum atomic E-state index is -0.701. The molecule has 2 N–H and O–H groups in total. The van der Waals surface area contributed by atoms with Crippen molar-refractivity contribution >= 4 is 74.2 Å². The number of amides is 3. The predicted molar refractivity (Wildman–Crippen MR) is 218 cm³/mol. The number of hydrogen-bond donors (Lipinski definition) is 2. The number of carbonyl (C=O) groups is 3. The predicted octanol–water partition coefficient (Wildman–Crippen LogP) is 6.57. The number of imidazole rings is 1. The van der Waals surface area contributed by atoms with E-state index in [9.17, 15) is 19.2 Å². The lowest BCUT2D eigenvalue weighted by Gasteiger charge is -2.40. The second-order valence-electron chi connectivity index (χ2n) is 15.5. The van der Waals surface area contributed by atoms with Crippen LogP contribution in [0.25, 0.3) is 21.9 Å². The number of fused-ring (bicyclic) bond motifs is 2. The molecular formula is C41H46Cl2N8O5. The van der Waals surface area contributed by atoms with Gasteiger partial charge in [0, 0.05) is 72.4 Å². The fraction of sp³-hybridized carbons (Fsp3) is 0.439. The third kappa shape index (κ3) is 7.39. The smallest absolute Gasteiger partial charge is 0.329 e. The average Bonchev–Trinajstić information content (AvgIpc) is 3.71. The van der Waals surface area contributed by atoms with Crippen molar-refractivity contribution in [2.24, 2.45) is 13.0 Å². The van der Waals surface area contributed by atoms with E-state index < -0.39 is 11.9 Å². The van der Waals surface area contributed by atoms with Gasteiger partial charge in [0.05, 0.1) is 41.1 Å². The first-order valence-electron chi connectivity index (χ1n) is 19.3. The van der Waals surface area contributed by atoms with E-state index in [2.05, 4.69) is 44.4 Å². The molecule has 1 aliphatic carbocycles. The fourth-order valence-corrected chi connectivity index (χ4v) is 9.53. The summed E-state index contributed by atoms with van der Waals surface area (Å²) in [7, 11) is 5.58. The largest absolute Gasteiger partial charge is 0.494 e. The Kier molecular flexibility index (Phi) is 10.6. The third-order valence-corrected chi connectivity index (χ3v) is 12.4. The lowest BCUT2D eigenvalue weighted by Crippen LogP contribution is -2.45. The van der Waals surface area contributed by atoms with Crippen LogP contribution in [0, 0.1) is 5.92 Å². The molecule has 1 atom stereocenters. The van der Waals surface area contributed by atoms with Gasteiger partial charge in [0.15, 0.2) is 0 Å². The van der Waals surface area contributed by atoms with Crippen LogP contribution < -0.4 is 26.0 Å². The number of aryl methyl sites for hydroxylation is 1. The molecule has 13 nitrogen and oxygen atoms in total. The lowest BCUT2D eigenvalue weighted by molar-refractivity contribution is -0.135. The summed E-state index contributed by atoms with van der Waals surface area (Å²) < 4.78 is 10.9. The summed E-state index contributed by atoms with van der Waals surface area (Å²) in [6.07, 6.45) is 8.96. The Bertz CT molecular complexity index is 2370. The third-order valence-electron chi connectivity index (χ3n) is 12.0. The molecule has 4 heterocycles. The highest BCUT2D eigenvalue weighted by molar-refractivity contribution is 6.35. The average molecular weight is 802 g/mol. The van der Waals surface area contributed by atoms with Gasteiger partial charge in [-0.15, -0.1) is 0 Å². The number of nitrogens with one attached hydrogen (secondary N) is 2. The van der Waals surface area contributed by atoms with E-state index in [1.807, 2.05) is 24.3 Å². The molecule has 3 aromatic carbocycles. The molecule has 0 spiro atoms. The molecule has 0 radical (unpaired) electrons. The van der Waals surface area contributed by atoms with Crippen LogP contribution in [-0.4, -0.2) is 81.4 Å². The second kappa shape index (κ2) is 15.6. The number of halogens is 2. The number of methoxy groups -OCH3 is 1. The number of aromatic nitrogens is 4. The molecule has 3 amide bonds. The van der Waals surface area contributed by atoms with E-state index in [1.165, 1.54) is 0 Å². The minimum Gasteiger partial charge on any atom is -0.494 e. The Morgan fingerprint density at radius 1 is 0.982 bits per heavy atom. The molecule has 2 aromatic heterocycles. The molecule has 2 saturated heterocycles. The number of para-hydroxylation sites is 1. The maximum absolute atomic E-state index is 13.5. The van der Waals surface area contributed by atoms with Crippen molar-refractivity contribution in [2.75, 3.05) is 44.0 Å². The van der Waals surface area contributed by atoms with Gasteiger partial charge in [-0.25, -0.2) is 4.79 Å². The number of rotatable bonds is 9. The molecule has 3 fully saturated rings. The molecule has 8 rings (SSSR count). The SMILES string of the molecule is COc1cc2nn(C3CCC(CN(C)C4CCN(c5cccc6c5n(C)c(=O)n6C5CCC(=O)NC5=O)CC4)CC3)cc2cc1NC(=O)c1cc(Cl)cc(Cl)c1. The van der Waals surface area contributed by atoms with Crippen LogP contribution in [0.2, 0.25) is 10.0 Å². The first-order chi connectivity index (χ1) is 27.0. The highest BCUT2D eigenvalue weighted by Gasteiger charge is 2.33. The molecule has 15 heteroatoms. The highest BCUT2D eigenvalue weighted by atomic mass is 35.5. The standard InChI is InChI=1S/C41H46Cl2N8O5/c1-47(29-13-15-49(16-14-29)33-5-4-6-34-38(33)48(2)41(55)51(34)35-11-12-37(52)45-40(35)54)22-24-7-9-30(10-8-24)50-23-26-19-32(36(56-3)21-31(26)46-50)44-39(53)25-17-27(42)20-28(43)18-25/h4-6,17-21,23-24,29-30,35H,7-16,22H2,1-3H3,(H,44,53)(H,45,52,54). The summed E-state index contributed by atoms with van der Waals surface area (Å²) in [5, 5.41) is 12.0. The molecule has 5 aromatic rings. The number of ether oxygens (including phenoxy) is 1. The van der Waals surface area contributed by atoms with Gasteiger partial charge in [0.2, 0.25) is 11.8 Å². The Labute approximate surface area is 334 Å². The van der Waals surface area contributed by atoms with Crippen molar-refractivity contribution in [3.63, 3.8) is 0 Å². The van der Waals surface area contributed by atoms with Crippen molar-refractivity contribution in [1.82, 2.24) is 29.1 Å². The molecule has 1 saturated carbocycles. The lowest BCUT2D eigenvalue weighted by atomic mass is 9.85. The number of piperidine rings is 2. The molecule has 56 heavy (non-hydrogen) atoms. The zero-order chi connectivity index (χ0) is 39.2. The molecule has 294 valence electrons. The molecule has 1 unspecified atom stereocenters. The highest BCUT2D eigenvalue weighted by Crippen LogP contribution is 2.37. The maximum atomic E-state index is 13.5. The normalized spacial score (nSPS) is 20.9. The van der Waals surface area contributed by atoms with Crippen LogP contribution in [0.4, 0.5) is 11.4 Å². The Morgan fingerprint density at radius 3 is 2.41 bits per heavy atom. The topological polar surface area (TPSA) is 136 Å². The number of anilines is 2. The van der Waals surface area contributed by atoms with Crippen LogP contribution in [0.5, 0.6) is 5.75 Å². The maximum Gasteiger partial charge on any atom is 0.329 e. The number of nitrogens with zero attached hydrogens (tertiary/aromatic N) is 6. The van der Waals surface area contributed by atoms with Crippen LogP contribution in [0.3, 0.4) is 0 Å². The van der Waals surface area contributed by atoms with E-state index in [0.717, 1.165) is 85.8 Å². The summed E-state index contributed by atoms with van der Waals surface area (Å²) in [5.74, 6) is 0.0751. The Balaban J connectivity index is 0.868. The number of carbonyl (C=O) groups excluding carboxylic acids is 3.